The predicted molar refractivity (Wildman–Crippen MR) is 44.1 cm³/mol. The molecule has 1 aromatic heterocycles. The Balaban J connectivity index is 2.87. The summed E-state index contributed by atoms with van der Waals surface area (Å²) in [5, 5.41) is 0. The molecule has 0 saturated heterocycles. The van der Waals surface area contributed by atoms with Crippen molar-refractivity contribution in [2.45, 2.75) is 13.3 Å². The van der Waals surface area contributed by atoms with Crippen molar-refractivity contribution in [2.75, 3.05) is 0 Å². The zero-order valence-electron chi connectivity index (χ0n) is 6.66. The van der Waals surface area contributed by atoms with Crippen molar-refractivity contribution in [2.24, 2.45) is 0 Å². The van der Waals surface area contributed by atoms with Crippen LogP contribution >= 0.6 is 0 Å². The zero-order chi connectivity index (χ0) is 8.55. The minimum absolute atomic E-state index is 0.527. The van der Waals surface area contributed by atoms with Gasteiger partial charge in [0.2, 0.25) is 0 Å². The lowest BCUT2D eigenvalue weighted by atomic mass is 10.1. The van der Waals surface area contributed by atoms with Crippen molar-refractivity contribution in [1.82, 2.24) is 0 Å². The third kappa shape index (κ3) is 0.942. The maximum absolute atomic E-state index is 10.7. The van der Waals surface area contributed by atoms with Crippen molar-refractivity contribution < 1.29 is 8.83 Å². The second-order valence-corrected chi connectivity index (χ2v) is 2.55. The molecule has 1 heterocycles. The highest BCUT2D eigenvalue weighted by Gasteiger charge is 2.05. The minimum Gasteiger partial charge on any atom is -0.391 e. The molecule has 2 aromatic rings. The predicted octanol–water partition coefficient (Wildman–Crippen LogP) is 1.95. The third-order valence-electron chi connectivity index (χ3n) is 1.82. The maximum Gasteiger partial charge on any atom is 0.519 e. The van der Waals surface area contributed by atoms with Gasteiger partial charge in [0.25, 0.3) is 0 Å². The number of benzene rings is 1. The van der Waals surface area contributed by atoms with Crippen molar-refractivity contribution >= 4 is 11.2 Å². The normalized spacial score (nSPS) is 10.8. The first-order valence-electron chi connectivity index (χ1n) is 3.83. The van der Waals surface area contributed by atoms with Gasteiger partial charge in [-0.25, -0.2) is 4.79 Å². The van der Waals surface area contributed by atoms with Crippen molar-refractivity contribution in [1.29, 1.82) is 0 Å². The van der Waals surface area contributed by atoms with Gasteiger partial charge in [0.1, 0.15) is 0 Å². The van der Waals surface area contributed by atoms with Crippen LogP contribution in [0.5, 0.6) is 0 Å². The Kier molecular flexibility index (Phi) is 1.50. The number of hydrogen-bond acceptors (Lipinski definition) is 3. The van der Waals surface area contributed by atoms with Crippen LogP contribution in [0.1, 0.15) is 12.5 Å². The molecule has 0 bridgehead atoms. The minimum atomic E-state index is -0.633. The molecule has 12 heavy (non-hydrogen) atoms. The van der Waals surface area contributed by atoms with Crippen LogP contribution in [0, 0.1) is 0 Å². The van der Waals surface area contributed by atoms with Crippen molar-refractivity contribution in [3.63, 3.8) is 0 Å². The fourth-order valence-corrected chi connectivity index (χ4v) is 1.23. The molecule has 0 N–H and O–H groups in total. The Morgan fingerprint density at radius 1 is 1.33 bits per heavy atom. The van der Waals surface area contributed by atoms with Gasteiger partial charge in [-0.05, 0) is 18.1 Å². The van der Waals surface area contributed by atoms with Gasteiger partial charge in [0.05, 0.1) is 0 Å². The molecule has 3 heteroatoms. The summed E-state index contributed by atoms with van der Waals surface area (Å²) >= 11 is 0. The van der Waals surface area contributed by atoms with Gasteiger partial charge in [0, 0.05) is 0 Å². The smallest absolute Gasteiger partial charge is 0.391 e. The molecule has 0 saturated carbocycles. The van der Waals surface area contributed by atoms with Crippen LogP contribution in [0.4, 0.5) is 0 Å². The highest BCUT2D eigenvalue weighted by Crippen LogP contribution is 2.17. The van der Waals surface area contributed by atoms with Crippen molar-refractivity contribution in [3.05, 3.63) is 34.4 Å². The molecule has 3 nitrogen and oxygen atoms in total. The van der Waals surface area contributed by atoms with Crippen LogP contribution in [0.25, 0.3) is 11.2 Å². The van der Waals surface area contributed by atoms with Gasteiger partial charge in [-0.2, -0.15) is 0 Å². The highest BCUT2D eigenvalue weighted by atomic mass is 16.6. The summed E-state index contributed by atoms with van der Waals surface area (Å²) in [7, 11) is 0. The van der Waals surface area contributed by atoms with E-state index >= 15 is 0 Å². The molecule has 2 rings (SSSR count). The summed E-state index contributed by atoms with van der Waals surface area (Å²) in [5.74, 6) is -0.633. The summed E-state index contributed by atoms with van der Waals surface area (Å²) in [6.07, 6.45) is 0.833. The zero-order valence-corrected chi connectivity index (χ0v) is 6.66. The van der Waals surface area contributed by atoms with E-state index in [0.717, 1.165) is 12.0 Å². The lowest BCUT2D eigenvalue weighted by molar-refractivity contribution is 0.408. The van der Waals surface area contributed by atoms with E-state index in [-0.39, 0.29) is 0 Å². The second kappa shape index (κ2) is 2.52. The quantitative estimate of drug-likeness (QED) is 0.646. The Labute approximate surface area is 68.6 Å². The maximum atomic E-state index is 10.7. The van der Waals surface area contributed by atoms with Gasteiger partial charge < -0.3 is 8.83 Å². The first kappa shape index (κ1) is 7.16. The van der Waals surface area contributed by atoms with Gasteiger partial charge in [-0.3, -0.25) is 0 Å². The van der Waals surface area contributed by atoms with Gasteiger partial charge in [0.15, 0.2) is 11.2 Å². The first-order valence-corrected chi connectivity index (χ1v) is 3.83. The Morgan fingerprint density at radius 2 is 2.17 bits per heavy atom. The van der Waals surface area contributed by atoms with E-state index in [1.54, 1.807) is 6.07 Å². The number of para-hydroxylation sites is 1. The van der Waals surface area contributed by atoms with E-state index in [1.807, 2.05) is 19.1 Å². The van der Waals surface area contributed by atoms with E-state index in [2.05, 4.69) is 0 Å². The molecular weight excluding hydrogens is 156 g/mol. The molecule has 0 fully saturated rings. The summed E-state index contributed by atoms with van der Waals surface area (Å²) in [6.45, 7) is 2.00. The molecule has 0 aliphatic heterocycles. The van der Waals surface area contributed by atoms with Crippen LogP contribution in [-0.2, 0) is 6.42 Å². The van der Waals surface area contributed by atoms with E-state index in [9.17, 15) is 4.79 Å². The summed E-state index contributed by atoms with van der Waals surface area (Å²) in [4.78, 5) is 10.7. The molecule has 0 aliphatic rings. The number of rotatable bonds is 1. The molecule has 0 amide bonds. The largest absolute Gasteiger partial charge is 0.519 e. The first-order chi connectivity index (χ1) is 5.81. The highest BCUT2D eigenvalue weighted by molar-refractivity contribution is 5.73. The average Bonchev–Trinajstić information content (AvgIpc) is 2.44. The van der Waals surface area contributed by atoms with Gasteiger partial charge in [-0.1, -0.05) is 19.1 Å². The average molecular weight is 164 g/mol. The topological polar surface area (TPSA) is 43.4 Å². The molecule has 0 atom stereocenters. The molecular formula is C9H8O3. The lowest BCUT2D eigenvalue weighted by Crippen LogP contribution is -1.85. The number of hydrogen-bond donors (Lipinski definition) is 0. The molecule has 1 aromatic carbocycles. The molecule has 0 unspecified atom stereocenters. The fourth-order valence-electron chi connectivity index (χ4n) is 1.23. The third-order valence-corrected chi connectivity index (χ3v) is 1.82. The van der Waals surface area contributed by atoms with Gasteiger partial charge in [-0.15, -0.1) is 0 Å². The second-order valence-electron chi connectivity index (χ2n) is 2.55. The van der Waals surface area contributed by atoms with Crippen LogP contribution in [-0.4, -0.2) is 0 Å². The summed E-state index contributed by atoms with van der Waals surface area (Å²) < 4.78 is 9.66. The Hall–Kier alpha value is -1.51. The van der Waals surface area contributed by atoms with E-state index < -0.39 is 5.82 Å². The SMILES string of the molecule is CCc1cccc2oc(=O)oc12. The number of aryl methyl sites for hydroxylation is 1. The number of fused-ring (bicyclic) bond motifs is 1. The summed E-state index contributed by atoms with van der Waals surface area (Å²) in [5.41, 5.74) is 2.10. The Bertz CT molecular complexity index is 450. The van der Waals surface area contributed by atoms with E-state index in [1.165, 1.54) is 0 Å². The standard InChI is InChI=1S/C9H8O3/c1-2-6-4-3-5-7-8(6)12-9(10)11-7/h3-5H,2H2,1H3. The molecule has 62 valence electrons. The van der Waals surface area contributed by atoms with Crippen LogP contribution in [0.15, 0.2) is 31.8 Å². The van der Waals surface area contributed by atoms with Gasteiger partial charge >= 0.3 is 5.82 Å². The van der Waals surface area contributed by atoms with Crippen LogP contribution in [0.3, 0.4) is 0 Å². The van der Waals surface area contributed by atoms with E-state index in [4.69, 9.17) is 8.83 Å². The van der Waals surface area contributed by atoms with Crippen LogP contribution in [0.2, 0.25) is 0 Å². The Morgan fingerprint density at radius 3 is 2.92 bits per heavy atom. The molecule has 0 aliphatic carbocycles. The molecule has 0 radical (unpaired) electrons. The monoisotopic (exact) mass is 164 g/mol. The molecule has 0 spiro atoms. The van der Waals surface area contributed by atoms with Crippen LogP contribution < -0.4 is 5.82 Å². The fraction of sp³-hybridized carbons (Fsp3) is 0.222. The lowest BCUT2D eigenvalue weighted by Gasteiger charge is -1.92. The van der Waals surface area contributed by atoms with E-state index in [0.29, 0.717) is 11.2 Å². The van der Waals surface area contributed by atoms with Crippen molar-refractivity contribution in [3.8, 4) is 0 Å². The summed E-state index contributed by atoms with van der Waals surface area (Å²) in [6, 6.07) is 5.49.